The normalized spacial score (nSPS) is 15.4. The van der Waals surface area contributed by atoms with Crippen molar-refractivity contribution in [2.75, 3.05) is 39.5 Å². The number of hydrogen-bond acceptors (Lipinski definition) is 5. The molecule has 6 heteroatoms. The Morgan fingerprint density at radius 1 is 1.07 bits per heavy atom. The van der Waals surface area contributed by atoms with Crippen molar-refractivity contribution in [3.8, 4) is 5.75 Å². The number of carbonyl (C=O) groups excluding carboxylic acids is 2. The third-order valence-corrected chi connectivity index (χ3v) is 5.16. The summed E-state index contributed by atoms with van der Waals surface area (Å²) in [6, 6.07) is 17.1. The first-order valence-electron chi connectivity index (χ1n) is 10.5. The minimum atomic E-state index is -0.0446. The third-order valence-electron chi connectivity index (χ3n) is 5.16. The first-order chi connectivity index (χ1) is 14.6. The van der Waals surface area contributed by atoms with Crippen LogP contribution in [0.1, 0.15) is 41.7 Å². The molecule has 0 bridgehead atoms. The van der Waals surface area contributed by atoms with Crippen LogP contribution in [0.25, 0.3) is 0 Å². The smallest absolute Gasteiger partial charge is 0.220 e. The second-order valence-corrected chi connectivity index (χ2v) is 7.48. The highest BCUT2D eigenvalue weighted by molar-refractivity contribution is 5.94. The summed E-state index contributed by atoms with van der Waals surface area (Å²) in [4.78, 5) is 26.2. The zero-order valence-corrected chi connectivity index (χ0v) is 17.5. The van der Waals surface area contributed by atoms with Crippen LogP contribution in [-0.4, -0.2) is 56.0 Å². The number of carbonyl (C=O) groups is 2. The first kappa shape index (κ1) is 22.0. The molecule has 0 saturated carbocycles. The Balaban J connectivity index is 1.46. The number of ketones is 1. The summed E-state index contributed by atoms with van der Waals surface area (Å²) in [5.74, 6) is 0.755. The van der Waals surface area contributed by atoms with E-state index in [1.54, 1.807) is 24.3 Å². The Bertz CT molecular complexity index is 802. The van der Waals surface area contributed by atoms with Gasteiger partial charge in [0.05, 0.1) is 25.9 Å². The predicted octanol–water partition coefficient (Wildman–Crippen LogP) is 3.24. The van der Waals surface area contributed by atoms with E-state index in [0.29, 0.717) is 30.8 Å². The minimum absolute atomic E-state index is 0.0210. The maximum absolute atomic E-state index is 12.6. The van der Waals surface area contributed by atoms with E-state index < -0.39 is 0 Å². The lowest BCUT2D eigenvalue weighted by molar-refractivity contribution is -0.122. The summed E-state index contributed by atoms with van der Waals surface area (Å²) < 4.78 is 11.1. The van der Waals surface area contributed by atoms with E-state index in [2.05, 4.69) is 22.3 Å². The SMILES string of the molecule is CC(=O)c1ccc(OCCCC(=O)NC(CN2CCOCC2)c2ccccc2)cc1. The van der Waals surface area contributed by atoms with Gasteiger partial charge in [0.15, 0.2) is 5.78 Å². The molecule has 1 fully saturated rings. The van der Waals surface area contributed by atoms with Crippen LogP contribution in [0.15, 0.2) is 54.6 Å². The number of amides is 1. The van der Waals surface area contributed by atoms with Crippen LogP contribution in [-0.2, 0) is 9.53 Å². The van der Waals surface area contributed by atoms with Crippen LogP contribution in [0, 0.1) is 0 Å². The van der Waals surface area contributed by atoms with Crippen molar-refractivity contribution in [3.63, 3.8) is 0 Å². The van der Waals surface area contributed by atoms with Gasteiger partial charge in [-0.05, 0) is 43.2 Å². The second kappa shape index (κ2) is 11.5. The third kappa shape index (κ3) is 6.97. The van der Waals surface area contributed by atoms with E-state index in [0.717, 1.165) is 38.4 Å². The molecule has 2 aromatic carbocycles. The zero-order chi connectivity index (χ0) is 21.2. The molecule has 30 heavy (non-hydrogen) atoms. The molecule has 1 aliphatic rings. The van der Waals surface area contributed by atoms with E-state index in [9.17, 15) is 9.59 Å². The minimum Gasteiger partial charge on any atom is -0.494 e. The van der Waals surface area contributed by atoms with Gasteiger partial charge in [0.1, 0.15) is 5.75 Å². The lowest BCUT2D eigenvalue weighted by atomic mass is 10.1. The summed E-state index contributed by atoms with van der Waals surface area (Å²) in [6.45, 7) is 6.01. The molecule has 1 heterocycles. The van der Waals surface area contributed by atoms with E-state index in [1.165, 1.54) is 6.92 Å². The van der Waals surface area contributed by atoms with Gasteiger partial charge in [0.2, 0.25) is 5.91 Å². The number of nitrogens with zero attached hydrogens (tertiary/aromatic N) is 1. The van der Waals surface area contributed by atoms with Crippen LogP contribution in [0.2, 0.25) is 0 Å². The lowest BCUT2D eigenvalue weighted by Crippen LogP contribution is -2.43. The van der Waals surface area contributed by atoms with Gasteiger partial charge in [0, 0.05) is 31.6 Å². The molecule has 3 rings (SSSR count). The standard InChI is InChI=1S/C24H30N2O4/c1-19(27)20-9-11-22(12-10-20)30-15-5-8-24(28)25-23(21-6-3-2-4-7-21)18-26-13-16-29-17-14-26/h2-4,6-7,9-12,23H,5,8,13-18H2,1H3,(H,25,28). The zero-order valence-electron chi connectivity index (χ0n) is 17.5. The summed E-state index contributed by atoms with van der Waals surface area (Å²) in [6.07, 6.45) is 1.03. The van der Waals surface area contributed by atoms with Gasteiger partial charge in [-0.1, -0.05) is 30.3 Å². The average molecular weight is 411 g/mol. The van der Waals surface area contributed by atoms with Crippen molar-refractivity contribution in [1.29, 1.82) is 0 Å². The Morgan fingerprint density at radius 3 is 2.43 bits per heavy atom. The van der Waals surface area contributed by atoms with Gasteiger partial charge in [-0.25, -0.2) is 0 Å². The number of morpholine rings is 1. The van der Waals surface area contributed by atoms with Gasteiger partial charge in [0.25, 0.3) is 0 Å². The molecular formula is C24H30N2O4. The van der Waals surface area contributed by atoms with Gasteiger partial charge < -0.3 is 14.8 Å². The molecule has 1 atom stereocenters. The number of nitrogens with one attached hydrogen (secondary N) is 1. The van der Waals surface area contributed by atoms with E-state index in [1.807, 2.05) is 18.2 Å². The van der Waals surface area contributed by atoms with Crippen molar-refractivity contribution in [2.24, 2.45) is 0 Å². The number of benzene rings is 2. The summed E-state index contributed by atoms with van der Waals surface area (Å²) in [5, 5.41) is 3.18. The molecule has 1 unspecified atom stereocenters. The van der Waals surface area contributed by atoms with Crippen molar-refractivity contribution in [2.45, 2.75) is 25.8 Å². The Morgan fingerprint density at radius 2 is 1.77 bits per heavy atom. The molecule has 0 radical (unpaired) electrons. The van der Waals surface area contributed by atoms with Crippen LogP contribution in [0.3, 0.4) is 0 Å². The molecule has 1 N–H and O–H groups in total. The van der Waals surface area contributed by atoms with Gasteiger partial charge in [-0.15, -0.1) is 0 Å². The molecule has 1 amide bonds. The van der Waals surface area contributed by atoms with Crippen molar-refractivity contribution >= 4 is 11.7 Å². The largest absolute Gasteiger partial charge is 0.494 e. The summed E-state index contributed by atoms with van der Waals surface area (Å²) in [7, 11) is 0. The molecule has 0 spiro atoms. The highest BCUT2D eigenvalue weighted by Gasteiger charge is 2.20. The quantitative estimate of drug-likeness (QED) is 0.481. The maximum Gasteiger partial charge on any atom is 0.220 e. The molecule has 6 nitrogen and oxygen atoms in total. The molecular weight excluding hydrogens is 380 g/mol. The molecule has 1 aliphatic heterocycles. The molecule has 1 saturated heterocycles. The number of rotatable bonds is 10. The second-order valence-electron chi connectivity index (χ2n) is 7.48. The van der Waals surface area contributed by atoms with Crippen LogP contribution >= 0.6 is 0 Å². The fraction of sp³-hybridized carbons (Fsp3) is 0.417. The molecule has 0 aromatic heterocycles. The molecule has 160 valence electrons. The maximum atomic E-state index is 12.6. The van der Waals surface area contributed by atoms with Gasteiger partial charge >= 0.3 is 0 Å². The lowest BCUT2D eigenvalue weighted by Gasteiger charge is -2.31. The van der Waals surface area contributed by atoms with Crippen LogP contribution < -0.4 is 10.1 Å². The average Bonchev–Trinajstić information content (AvgIpc) is 2.78. The number of Topliss-reactive ketones (excluding diaryl/α,β-unsaturated/α-hetero) is 1. The van der Waals surface area contributed by atoms with E-state index in [-0.39, 0.29) is 17.7 Å². The fourth-order valence-electron chi connectivity index (χ4n) is 3.44. The summed E-state index contributed by atoms with van der Waals surface area (Å²) in [5.41, 5.74) is 1.77. The Labute approximate surface area is 178 Å². The first-order valence-corrected chi connectivity index (χ1v) is 10.5. The van der Waals surface area contributed by atoms with E-state index >= 15 is 0 Å². The van der Waals surface area contributed by atoms with Crippen molar-refractivity contribution in [1.82, 2.24) is 10.2 Å². The number of hydrogen-bond donors (Lipinski definition) is 1. The van der Waals surface area contributed by atoms with Crippen molar-refractivity contribution < 1.29 is 19.1 Å². The van der Waals surface area contributed by atoms with Crippen LogP contribution in [0.5, 0.6) is 5.75 Å². The van der Waals surface area contributed by atoms with Gasteiger partial charge in [-0.2, -0.15) is 0 Å². The monoisotopic (exact) mass is 410 g/mol. The predicted molar refractivity (Wildman–Crippen MR) is 116 cm³/mol. The molecule has 2 aromatic rings. The van der Waals surface area contributed by atoms with E-state index in [4.69, 9.17) is 9.47 Å². The Hall–Kier alpha value is -2.70. The fourth-order valence-corrected chi connectivity index (χ4v) is 3.44. The highest BCUT2D eigenvalue weighted by atomic mass is 16.5. The molecule has 0 aliphatic carbocycles. The van der Waals surface area contributed by atoms with Crippen molar-refractivity contribution in [3.05, 3.63) is 65.7 Å². The number of ether oxygens (including phenoxy) is 2. The highest BCUT2D eigenvalue weighted by Crippen LogP contribution is 2.16. The topological polar surface area (TPSA) is 67.9 Å². The van der Waals surface area contributed by atoms with Gasteiger partial charge in [-0.3, -0.25) is 14.5 Å². The van der Waals surface area contributed by atoms with Crippen LogP contribution in [0.4, 0.5) is 0 Å². The summed E-state index contributed by atoms with van der Waals surface area (Å²) >= 11 is 0. The Kier molecular flexibility index (Phi) is 8.41.